The summed E-state index contributed by atoms with van der Waals surface area (Å²) in [6.07, 6.45) is 1.04. The Balaban J connectivity index is 2.03. The molecule has 0 aliphatic rings. The Morgan fingerprint density at radius 2 is 2.00 bits per heavy atom. The molecule has 0 fully saturated rings. The molecule has 0 saturated heterocycles. The number of nitrogens with one attached hydrogen (secondary N) is 1. The second kappa shape index (κ2) is 6.35. The Morgan fingerprint density at radius 3 is 2.68 bits per heavy atom. The molecule has 2 nitrogen and oxygen atoms in total. The lowest BCUT2D eigenvalue weighted by Crippen LogP contribution is -2.22. The lowest BCUT2D eigenvalue weighted by molar-refractivity contribution is 0.0950. The first kappa shape index (κ1) is 14.3. The molecule has 0 bridgehead atoms. The van der Waals surface area contributed by atoms with Gasteiger partial charge in [-0.3, -0.25) is 4.79 Å². The van der Waals surface area contributed by atoms with E-state index >= 15 is 0 Å². The van der Waals surface area contributed by atoms with Gasteiger partial charge in [0.05, 0.1) is 12.1 Å². The number of hydrogen-bond acceptors (Lipinski definition) is 2. The van der Waals surface area contributed by atoms with E-state index in [2.05, 4.69) is 40.3 Å². The van der Waals surface area contributed by atoms with Crippen LogP contribution in [0.1, 0.15) is 32.6 Å². The molecule has 1 aromatic heterocycles. The van der Waals surface area contributed by atoms with Gasteiger partial charge in [0, 0.05) is 14.2 Å². The SMILES string of the molecule is CCc1ccc(CNC(=O)c2cccc(C)c2Br)s1. The van der Waals surface area contributed by atoms with Gasteiger partial charge < -0.3 is 5.32 Å². The van der Waals surface area contributed by atoms with Gasteiger partial charge in [0.25, 0.3) is 5.91 Å². The number of halogens is 1. The number of benzene rings is 1. The van der Waals surface area contributed by atoms with Crippen molar-refractivity contribution in [3.8, 4) is 0 Å². The van der Waals surface area contributed by atoms with E-state index < -0.39 is 0 Å². The predicted molar refractivity (Wildman–Crippen MR) is 83.7 cm³/mol. The summed E-state index contributed by atoms with van der Waals surface area (Å²) in [5.74, 6) is -0.0398. The van der Waals surface area contributed by atoms with Crippen molar-refractivity contribution in [2.45, 2.75) is 26.8 Å². The van der Waals surface area contributed by atoms with Gasteiger partial charge in [-0.15, -0.1) is 11.3 Å². The van der Waals surface area contributed by atoms with Crippen LogP contribution in [0, 0.1) is 6.92 Å². The molecule has 1 aromatic carbocycles. The molecule has 0 saturated carbocycles. The predicted octanol–water partition coefficient (Wildman–Crippen LogP) is 4.31. The minimum atomic E-state index is -0.0398. The summed E-state index contributed by atoms with van der Waals surface area (Å²) in [4.78, 5) is 14.7. The van der Waals surface area contributed by atoms with Crippen molar-refractivity contribution < 1.29 is 4.79 Å². The Hall–Kier alpha value is -1.13. The van der Waals surface area contributed by atoms with E-state index in [-0.39, 0.29) is 5.91 Å². The molecule has 1 heterocycles. The number of thiophene rings is 1. The Kier molecular flexibility index (Phi) is 4.77. The molecule has 0 aliphatic heterocycles. The van der Waals surface area contributed by atoms with Gasteiger partial charge in [-0.25, -0.2) is 0 Å². The van der Waals surface area contributed by atoms with Gasteiger partial charge in [-0.2, -0.15) is 0 Å². The summed E-state index contributed by atoms with van der Waals surface area (Å²) >= 11 is 5.22. The van der Waals surface area contributed by atoms with E-state index in [9.17, 15) is 4.79 Å². The molecule has 19 heavy (non-hydrogen) atoms. The van der Waals surface area contributed by atoms with Gasteiger partial charge in [-0.1, -0.05) is 19.1 Å². The summed E-state index contributed by atoms with van der Waals surface area (Å²) in [6.45, 7) is 4.70. The zero-order valence-electron chi connectivity index (χ0n) is 11.0. The molecule has 4 heteroatoms. The monoisotopic (exact) mass is 337 g/mol. The van der Waals surface area contributed by atoms with Gasteiger partial charge >= 0.3 is 0 Å². The first-order valence-corrected chi connectivity index (χ1v) is 7.83. The van der Waals surface area contributed by atoms with Crippen LogP contribution in [0.2, 0.25) is 0 Å². The molecule has 1 N–H and O–H groups in total. The number of aryl methyl sites for hydroxylation is 2. The largest absolute Gasteiger partial charge is 0.347 e. The van der Waals surface area contributed by atoms with Crippen LogP contribution >= 0.6 is 27.3 Å². The van der Waals surface area contributed by atoms with Gasteiger partial charge in [0.1, 0.15) is 0 Å². The first-order valence-electron chi connectivity index (χ1n) is 6.22. The average Bonchev–Trinajstić information content (AvgIpc) is 2.87. The normalized spacial score (nSPS) is 10.5. The van der Waals surface area contributed by atoms with Crippen LogP contribution in [0.4, 0.5) is 0 Å². The van der Waals surface area contributed by atoms with E-state index in [4.69, 9.17) is 0 Å². The highest BCUT2D eigenvalue weighted by Gasteiger charge is 2.11. The maximum absolute atomic E-state index is 12.1. The highest BCUT2D eigenvalue weighted by atomic mass is 79.9. The van der Waals surface area contributed by atoms with Crippen molar-refractivity contribution in [1.82, 2.24) is 5.32 Å². The molecular formula is C15H16BrNOS. The minimum Gasteiger partial charge on any atom is -0.347 e. The summed E-state index contributed by atoms with van der Waals surface area (Å²) in [5.41, 5.74) is 1.75. The number of carbonyl (C=O) groups is 1. The average molecular weight is 338 g/mol. The zero-order valence-corrected chi connectivity index (χ0v) is 13.4. The second-order valence-corrected chi connectivity index (χ2v) is 6.39. The summed E-state index contributed by atoms with van der Waals surface area (Å²) < 4.78 is 0.868. The van der Waals surface area contributed by atoms with Crippen LogP contribution in [0.25, 0.3) is 0 Å². The fourth-order valence-corrected chi connectivity index (χ4v) is 3.13. The molecule has 2 rings (SSSR count). The maximum atomic E-state index is 12.1. The van der Waals surface area contributed by atoms with Crippen LogP contribution < -0.4 is 5.32 Å². The van der Waals surface area contributed by atoms with Crippen molar-refractivity contribution >= 4 is 33.2 Å². The maximum Gasteiger partial charge on any atom is 0.252 e. The molecule has 1 amide bonds. The van der Waals surface area contributed by atoms with E-state index in [0.29, 0.717) is 12.1 Å². The lowest BCUT2D eigenvalue weighted by atomic mass is 10.1. The highest BCUT2D eigenvalue weighted by molar-refractivity contribution is 9.10. The van der Waals surface area contributed by atoms with Gasteiger partial charge in [-0.05, 0) is 53.0 Å². The van der Waals surface area contributed by atoms with Crippen molar-refractivity contribution in [2.24, 2.45) is 0 Å². The number of rotatable bonds is 4. The Bertz CT molecular complexity index is 592. The zero-order chi connectivity index (χ0) is 13.8. The third-order valence-corrected chi connectivity index (χ3v) is 5.21. The van der Waals surface area contributed by atoms with Crippen LogP contribution in [-0.2, 0) is 13.0 Å². The topological polar surface area (TPSA) is 29.1 Å². The third-order valence-electron chi connectivity index (χ3n) is 2.93. The molecule has 0 unspecified atom stereocenters. The van der Waals surface area contributed by atoms with E-state index in [1.165, 1.54) is 9.75 Å². The summed E-state index contributed by atoms with van der Waals surface area (Å²) in [5, 5.41) is 2.96. The summed E-state index contributed by atoms with van der Waals surface area (Å²) in [6, 6.07) is 9.91. The molecule has 0 spiro atoms. The molecular weight excluding hydrogens is 322 g/mol. The van der Waals surface area contributed by atoms with E-state index in [0.717, 1.165) is 16.5 Å². The van der Waals surface area contributed by atoms with Crippen LogP contribution in [0.5, 0.6) is 0 Å². The quantitative estimate of drug-likeness (QED) is 0.884. The molecule has 0 aliphatic carbocycles. The van der Waals surface area contributed by atoms with Crippen molar-refractivity contribution in [3.63, 3.8) is 0 Å². The van der Waals surface area contributed by atoms with Crippen molar-refractivity contribution in [2.75, 3.05) is 0 Å². The first-order chi connectivity index (χ1) is 9.11. The fraction of sp³-hybridized carbons (Fsp3) is 0.267. The third kappa shape index (κ3) is 3.45. The second-order valence-electron chi connectivity index (χ2n) is 4.34. The molecule has 100 valence electrons. The van der Waals surface area contributed by atoms with Crippen LogP contribution in [-0.4, -0.2) is 5.91 Å². The number of amides is 1. The minimum absolute atomic E-state index is 0.0398. The molecule has 0 atom stereocenters. The van der Waals surface area contributed by atoms with Crippen LogP contribution in [0.15, 0.2) is 34.8 Å². The fourth-order valence-electron chi connectivity index (χ4n) is 1.79. The lowest BCUT2D eigenvalue weighted by Gasteiger charge is -2.07. The van der Waals surface area contributed by atoms with Crippen molar-refractivity contribution in [1.29, 1.82) is 0 Å². The molecule has 0 radical (unpaired) electrons. The summed E-state index contributed by atoms with van der Waals surface area (Å²) in [7, 11) is 0. The molecule has 2 aromatic rings. The van der Waals surface area contributed by atoms with Gasteiger partial charge in [0.15, 0.2) is 0 Å². The van der Waals surface area contributed by atoms with Gasteiger partial charge in [0.2, 0.25) is 0 Å². The smallest absolute Gasteiger partial charge is 0.252 e. The highest BCUT2D eigenvalue weighted by Crippen LogP contribution is 2.21. The number of hydrogen-bond donors (Lipinski definition) is 1. The Morgan fingerprint density at radius 1 is 1.26 bits per heavy atom. The number of carbonyl (C=O) groups excluding carboxylic acids is 1. The van der Waals surface area contributed by atoms with Crippen LogP contribution in [0.3, 0.4) is 0 Å². The van der Waals surface area contributed by atoms with E-state index in [1.807, 2.05) is 25.1 Å². The van der Waals surface area contributed by atoms with E-state index in [1.54, 1.807) is 11.3 Å². The van der Waals surface area contributed by atoms with Crippen molar-refractivity contribution in [3.05, 3.63) is 55.7 Å². The Labute approximate surface area is 126 Å². The standard InChI is InChI=1S/C15H16BrNOS/c1-3-11-7-8-12(19-11)9-17-15(18)13-6-4-5-10(2)14(13)16/h4-8H,3,9H2,1-2H3,(H,17,18).